The van der Waals surface area contributed by atoms with Gasteiger partial charge in [0.05, 0.1) is 7.11 Å². The van der Waals surface area contributed by atoms with E-state index in [2.05, 4.69) is 64.4 Å². The minimum atomic E-state index is -1.08. The Bertz CT molecular complexity index is 433. The van der Waals surface area contributed by atoms with E-state index < -0.39 is 16.1 Å². The fraction of sp³-hybridized carbons (Fsp3) is 0.625. The Kier molecular flexibility index (Phi) is 6.06. The molecule has 0 amide bonds. The second-order valence-corrected chi connectivity index (χ2v) is 21.5. The highest BCUT2D eigenvalue weighted by molar-refractivity contribution is 7.48. The summed E-state index contributed by atoms with van der Waals surface area (Å²) in [4.78, 5) is 0.986. The molecule has 1 atom stereocenters. The lowest BCUT2D eigenvalue weighted by Crippen LogP contribution is -2.51. The van der Waals surface area contributed by atoms with E-state index >= 15 is 0 Å². The minimum absolute atomic E-state index is 0.986. The summed E-state index contributed by atoms with van der Waals surface area (Å²) in [5.41, 5.74) is 2.65. The van der Waals surface area contributed by atoms with E-state index in [0.717, 1.165) is 19.2 Å². The summed E-state index contributed by atoms with van der Waals surface area (Å²) in [5.74, 6) is 1.10. The number of hydrogen-bond acceptors (Lipinski definition) is 1. The van der Waals surface area contributed by atoms with Gasteiger partial charge in [-0.05, 0) is 29.1 Å². The zero-order valence-corrected chi connectivity index (χ0v) is 17.4. The molecule has 0 heterocycles. The molecule has 1 aromatic carbocycles. The fourth-order valence-corrected chi connectivity index (χ4v) is 19.9. The number of aryl methyl sites for hydroxylation is 1. The molecule has 0 spiro atoms. The molecule has 0 aliphatic heterocycles. The van der Waals surface area contributed by atoms with Crippen LogP contribution in [0.25, 0.3) is 0 Å². The Morgan fingerprint density at radius 1 is 1.05 bits per heavy atom. The van der Waals surface area contributed by atoms with Gasteiger partial charge in [0.25, 0.3) is 0 Å². The van der Waals surface area contributed by atoms with Crippen LogP contribution in [-0.4, -0.2) is 28.2 Å². The van der Waals surface area contributed by atoms with Crippen LogP contribution < -0.4 is 4.74 Å². The van der Waals surface area contributed by atoms with Crippen LogP contribution in [0.15, 0.2) is 18.2 Å². The number of hydrogen-bond donors (Lipinski definition) is 0. The summed E-state index contributed by atoms with van der Waals surface area (Å²) in [6.07, 6.45) is 1.18. The van der Waals surface area contributed by atoms with Crippen molar-refractivity contribution in [2.45, 2.75) is 57.3 Å². The molecule has 0 fully saturated rings. The fourth-order valence-electron chi connectivity index (χ4n) is 3.27. The molecule has 20 heavy (non-hydrogen) atoms. The smallest absolute Gasteiger partial charge is 0.125 e. The molecule has 0 aliphatic rings. The van der Waals surface area contributed by atoms with Crippen molar-refractivity contribution < 1.29 is 4.74 Å². The zero-order chi connectivity index (χ0) is 15.6. The summed E-state index contributed by atoms with van der Waals surface area (Å²) in [6.45, 7) is 17.4. The maximum atomic E-state index is 5.61. The molecule has 0 N–H and O–H groups in total. The highest BCUT2D eigenvalue weighted by Crippen LogP contribution is 2.39. The molecule has 0 bridgehead atoms. The van der Waals surface area contributed by atoms with Crippen LogP contribution >= 0.6 is 8.58 Å². The lowest BCUT2D eigenvalue weighted by atomic mass is 10.1. The van der Waals surface area contributed by atoms with Crippen molar-refractivity contribution in [1.29, 1.82) is 0 Å². The SMILES string of the molecule is COc1c(C)cccc1CPC([Si](C)(C)C)[Si](C)(C)C. The Morgan fingerprint density at radius 3 is 2.05 bits per heavy atom. The van der Waals surface area contributed by atoms with Gasteiger partial charge in [0.15, 0.2) is 0 Å². The first-order valence-electron chi connectivity index (χ1n) is 7.43. The molecule has 0 saturated heterocycles. The normalized spacial score (nSPS) is 13.4. The van der Waals surface area contributed by atoms with E-state index in [1.165, 1.54) is 17.3 Å². The van der Waals surface area contributed by atoms with E-state index in [1.54, 1.807) is 7.11 Å². The van der Waals surface area contributed by atoms with Crippen LogP contribution in [0.2, 0.25) is 39.3 Å². The number of rotatable bonds is 6. The maximum Gasteiger partial charge on any atom is 0.125 e. The second-order valence-electron chi connectivity index (χ2n) is 7.81. The van der Waals surface area contributed by atoms with E-state index in [-0.39, 0.29) is 0 Å². The lowest BCUT2D eigenvalue weighted by Gasteiger charge is -2.38. The van der Waals surface area contributed by atoms with Crippen molar-refractivity contribution in [2.24, 2.45) is 0 Å². The van der Waals surface area contributed by atoms with Crippen LogP contribution in [0.4, 0.5) is 0 Å². The van der Waals surface area contributed by atoms with E-state index in [0.29, 0.717) is 0 Å². The van der Waals surface area contributed by atoms with Crippen molar-refractivity contribution in [3.05, 3.63) is 29.3 Å². The monoisotopic (exact) mass is 326 g/mol. The third-order valence-electron chi connectivity index (χ3n) is 3.73. The third kappa shape index (κ3) is 4.71. The van der Waals surface area contributed by atoms with Crippen LogP contribution in [0, 0.1) is 6.92 Å². The molecule has 4 heteroatoms. The Labute approximate surface area is 129 Å². The minimum Gasteiger partial charge on any atom is -0.496 e. The molecular formula is C16H31OPSi2. The van der Waals surface area contributed by atoms with E-state index in [1.807, 2.05) is 0 Å². The third-order valence-corrected chi connectivity index (χ3v) is 19.8. The van der Waals surface area contributed by atoms with Gasteiger partial charge in [-0.1, -0.05) is 57.5 Å². The number of ether oxygens (including phenoxy) is 1. The van der Waals surface area contributed by atoms with Crippen LogP contribution in [0.5, 0.6) is 5.75 Å². The first-order valence-corrected chi connectivity index (χ1v) is 15.9. The summed E-state index contributed by atoms with van der Waals surface area (Å²) >= 11 is 0. The largest absolute Gasteiger partial charge is 0.496 e. The second kappa shape index (κ2) is 6.76. The van der Waals surface area contributed by atoms with Gasteiger partial charge in [-0.3, -0.25) is 0 Å². The molecule has 0 aromatic heterocycles. The van der Waals surface area contributed by atoms with Gasteiger partial charge < -0.3 is 4.74 Å². The standard InChI is InChI=1S/C16H31OPSi2/c1-13-10-9-11-14(15(13)17-2)12-18-16(19(3,4)5)20(6,7)8/h9-11,16,18H,12H2,1-8H3. The Balaban J connectivity index is 2.92. The first kappa shape index (κ1) is 17.9. The summed E-state index contributed by atoms with van der Waals surface area (Å²) in [6, 6.07) is 6.54. The van der Waals surface area contributed by atoms with E-state index in [9.17, 15) is 0 Å². The summed E-state index contributed by atoms with van der Waals surface area (Å²) < 4.78 is 5.61. The molecule has 1 aromatic rings. The van der Waals surface area contributed by atoms with Gasteiger partial charge in [0, 0.05) is 16.1 Å². The van der Waals surface area contributed by atoms with Crippen LogP contribution in [0.1, 0.15) is 11.1 Å². The van der Waals surface area contributed by atoms with Gasteiger partial charge in [-0.15, -0.1) is 8.58 Å². The number of methoxy groups -OCH3 is 1. The van der Waals surface area contributed by atoms with Crippen molar-refractivity contribution in [3.63, 3.8) is 0 Å². The van der Waals surface area contributed by atoms with Gasteiger partial charge in [0.1, 0.15) is 5.75 Å². The van der Waals surface area contributed by atoms with Gasteiger partial charge in [0.2, 0.25) is 0 Å². The van der Waals surface area contributed by atoms with Gasteiger partial charge >= 0.3 is 0 Å². The summed E-state index contributed by atoms with van der Waals surface area (Å²) in [5, 5.41) is 0. The van der Waals surface area contributed by atoms with Gasteiger partial charge in [-0.2, -0.15) is 0 Å². The molecule has 1 unspecified atom stereocenters. The zero-order valence-electron chi connectivity index (χ0n) is 14.4. The molecule has 0 radical (unpaired) electrons. The predicted molar refractivity (Wildman–Crippen MR) is 100 cm³/mol. The Morgan fingerprint density at radius 2 is 1.60 bits per heavy atom. The Hall–Kier alpha value is -0.116. The first-order chi connectivity index (χ1) is 9.07. The lowest BCUT2D eigenvalue weighted by molar-refractivity contribution is 0.408. The number of benzene rings is 1. The van der Waals surface area contributed by atoms with Crippen molar-refractivity contribution in [3.8, 4) is 5.75 Å². The molecule has 0 saturated carbocycles. The molecule has 0 aliphatic carbocycles. The summed E-state index contributed by atoms with van der Waals surface area (Å²) in [7, 11) is 0.670. The molecule has 114 valence electrons. The average molecular weight is 327 g/mol. The quantitative estimate of drug-likeness (QED) is 0.509. The maximum absolute atomic E-state index is 5.61. The highest BCUT2D eigenvalue weighted by atomic mass is 31.1. The van der Waals surface area contributed by atoms with E-state index in [4.69, 9.17) is 4.74 Å². The van der Waals surface area contributed by atoms with Crippen molar-refractivity contribution >= 4 is 24.7 Å². The molecule has 1 nitrogen and oxygen atoms in total. The van der Waals surface area contributed by atoms with Crippen molar-refractivity contribution in [2.75, 3.05) is 7.11 Å². The predicted octanol–water partition coefficient (Wildman–Crippen LogP) is 5.31. The van der Waals surface area contributed by atoms with Crippen LogP contribution in [0.3, 0.4) is 0 Å². The van der Waals surface area contributed by atoms with Crippen molar-refractivity contribution in [1.82, 2.24) is 0 Å². The number of para-hydroxylation sites is 1. The van der Waals surface area contributed by atoms with Crippen LogP contribution in [-0.2, 0) is 6.16 Å². The molecule has 1 rings (SSSR count). The highest BCUT2D eigenvalue weighted by Gasteiger charge is 2.37. The van der Waals surface area contributed by atoms with Gasteiger partial charge in [-0.25, -0.2) is 0 Å². The topological polar surface area (TPSA) is 9.23 Å². The average Bonchev–Trinajstić information content (AvgIpc) is 2.25. The molecular weight excluding hydrogens is 295 g/mol.